The lowest BCUT2D eigenvalue weighted by atomic mass is 9.86. The number of nitrogens with two attached hydrogens (primary N) is 1. The van der Waals surface area contributed by atoms with E-state index in [4.69, 9.17) is 12.2 Å². The molecule has 2 aromatic heterocycles. The fourth-order valence-corrected chi connectivity index (χ4v) is 4.52. The van der Waals surface area contributed by atoms with E-state index in [1.807, 2.05) is 0 Å². The summed E-state index contributed by atoms with van der Waals surface area (Å²) in [6.07, 6.45) is 5.66. The third-order valence-corrected chi connectivity index (χ3v) is 6.33. The van der Waals surface area contributed by atoms with E-state index in [0.29, 0.717) is 11.3 Å². The number of imidazole rings is 1. The highest BCUT2D eigenvalue weighted by molar-refractivity contribution is 5.79. The van der Waals surface area contributed by atoms with Crippen LogP contribution in [0.2, 0.25) is 0 Å². The number of amides is 1. The van der Waals surface area contributed by atoms with Gasteiger partial charge in [0.1, 0.15) is 0 Å². The molecule has 3 heterocycles. The fourth-order valence-electron chi connectivity index (χ4n) is 4.52. The molecule has 1 amide bonds. The zero-order chi connectivity index (χ0) is 21.5. The average molecular weight is 419 g/mol. The molecule has 1 aliphatic carbocycles. The molecule has 1 aliphatic heterocycles. The number of hydrogen-bond donors (Lipinski definition) is 2. The number of nitrogens with zero attached hydrogens (tertiary/aromatic N) is 3. The van der Waals surface area contributed by atoms with E-state index in [9.17, 15) is 18.0 Å². The highest BCUT2D eigenvalue weighted by Gasteiger charge is 2.44. The monoisotopic (exact) mass is 419 g/mol. The molecule has 2 aliphatic rings. The van der Waals surface area contributed by atoms with Crippen molar-refractivity contribution in [3.05, 3.63) is 29.7 Å². The summed E-state index contributed by atoms with van der Waals surface area (Å²) in [6, 6.07) is 3.20. The van der Waals surface area contributed by atoms with E-state index in [1.165, 1.54) is 0 Å². The predicted molar refractivity (Wildman–Crippen MR) is 104 cm³/mol. The van der Waals surface area contributed by atoms with E-state index in [-0.39, 0.29) is 43.2 Å². The van der Waals surface area contributed by atoms with Gasteiger partial charge in [-0.1, -0.05) is 0 Å². The van der Waals surface area contributed by atoms with Gasteiger partial charge in [-0.3, -0.25) is 4.79 Å². The van der Waals surface area contributed by atoms with Crippen LogP contribution in [0, 0.1) is 36.0 Å². The molecule has 1 unspecified atom stereocenters. The summed E-state index contributed by atoms with van der Waals surface area (Å²) >= 11 is 0. The molecule has 1 saturated heterocycles. The molecule has 0 spiro atoms. The van der Waals surface area contributed by atoms with Gasteiger partial charge in [0.05, 0.1) is 29.5 Å². The van der Waals surface area contributed by atoms with Crippen molar-refractivity contribution in [2.24, 2.45) is 29.4 Å². The number of terminal acetylenes is 1. The number of alkyl halides is 3. The van der Waals surface area contributed by atoms with Gasteiger partial charge in [0.15, 0.2) is 5.65 Å². The molecule has 4 rings (SSSR count). The Morgan fingerprint density at radius 1 is 1.33 bits per heavy atom. The van der Waals surface area contributed by atoms with Crippen LogP contribution in [-0.2, 0) is 11.2 Å². The summed E-state index contributed by atoms with van der Waals surface area (Å²) in [5.74, 6) is 0.654. The first-order chi connectivity index (χ1) is 14.2. The molecule has 9 heteroatoms. The first-order valence-corrected chi connectivity index (χ1v) is 10.2. The van der Waals surface area contributed by atoms with Crippen molar-refractivity contribution < 1.29 is 18.0 Å². The van der Waals surface area contributed by atoms with Gasteiger partial charge >= 0.3 is 6.18 Å². The molecule has 30 heavy (non-hydrogen) atoms. The van der Waals surface area contributed by atoms with Gasteiger partial charge in [-0.2, -0.15) is 18.3 Å². The van der Waals surface area contributed by atoms with Crippen LogP contribution in [0.1, 0.15) is 43.1 Å². The zero-order valence-electron chi connectivity index (χ0n) is 16.4. The normalized spacial score (nSPS) is 28.3. The predicted octanol–water partition coefficient (Wildman–Crippen LogP) is 2.64. The van der Waals surface area contributed by atoms with Crippen LogP contribution >= 0.6 is 0 Å². The smallest absolute Gasteiger partial charge is 0.355 e. The second kappa shape index (κ2) is 7.91. The van der Waals surface area contributed by atoms with Crippen LogP contribution in [0.15, 0.2) is 18.3 Å². The van der Waals surface area contributed by atoms with Crippen molar-refractivity contribution in [2.75, 3.05) is 6.54 Å². The summed E-state index contributed by atoms with van der Waals surface area (Å²) in [6.45, 7) is -0.365. The lowest BCUT2D eigenvalue weighted by Gasteiger charge is -2.30. The van der Waals surface area contributed by atoms with Crippen LogP contribution in [0.25, 0.3) is 5.65 Å². The number of fused-ring (bicyclic) bond motifs is 1. The molecular weight excluding hydrogens is 395 g/mol. The molecule has 2 aromatic rings. The van der Waals surface area contributed by atoms with Gasteiger partial charge in [-0.15, -0.1) is 12.3 Å². The van der Waals surface area contributed by atoms with Crippen molar-refractivity contribution in [1.82, 2.24) is 19.9 Å². The van der Waals surface area contributed by atoms with Crippen molar-refractivity contribution >= 4 is 11.6 Å². The van der Waals surface area contributed by atoms with E-state index >= 15 is 0 Å². The standard InChI is InChI=1S/C21H24F3N5O/c1-2-12-3-4-13(7-12)19(25)17-11-29-18(27-17)6-5-16(28-29)9-14-8-15(21(22,23)24)10-26-20(14)30/h1,5-6,11-15,19H,3-4,7-10,25H2,(H,26,30)/t12-,13-,14?,15-,19+/m1/s1. The number of nitrogens with one attached hydrogen (secondary N) is 1. The maximum atomic E-state index is 13.0. The van der Waals surface area contributed by atoms with Crippen molar-refractivity contribution in [3.8, 4) is 12.3 Å². The first-order valence-electron chi connectivity index (χ1n) is 10.2. The van der Waals surface area contributed by atoms with Crippen LogP contribution < -0.4 is 11.1 Å². The molecular formula is C21H24F3N5O. The molecule has 0 radical (unpaired) electrons. The van der Waals surface area contributed by atoms with Gasteiger partial charge in [0.25, 0.3) is 0 Å². The number of carbonyl (C=O) groups excluding carboxylic acids is 1. The molecule has 6 nitrogen and oxygen atoms in total. The fraction of sp³-hybridized carbons (Fsp3) is 0.571. The molecule has 160 valence electrons. The zero-order valence-corrected chi connectivity index (χ0v) is 16.4. The second-order valence-electron chi connectivity index (χ2n) is 8.38. The van der Waals surface area contributed by atoms with Crippen molar-refractivity contribution in [3.63, 3.8) is 0 Å². The van der Waals surface area contributed by atoms with Crippen molar-refractivity contribution in [1.29, 1.82) is 0 Å². The molecule has 3 N–H and O–H groups in total. The number of aromatic nitrogens is 3. The van der Waals surface area contributed by atoms with Crippen LogP contribution in [0.3, 0.4) is 0 Å². The second-order valence-corrected chi connectivity index (χ2v) is 8.38. The molecule has 1 saturated carbocycles. The summed E-state index contributed by atoms with van der Waals surface area (Å²) < 4.78 is 40.7. The highest BCUT2D eigenvalue weighted by atomic mass is 19.4. The van der Waals surface area contributed by atoms with E-state index < -0.39 is 18.0 Å². The summed E-state index contributed by atoms with van der Waals surface area (Å²) in [5, 5.41) is 6.83. The number of piperidine rings is 1. The Bertz CT molecular complexity index is 979. The summed E-state index contributed by atoms with van der Waals surface area (Å²) in [5.41, 5.74) is 8.28. The van der Waals surface area contributed by atoms with Gasteiger partial charge in [0.2, 0.25) is 5.91 Å². The Morgan fingerprint density at radius 2 is 2.13 bits per heavy atom. The SMILES string of the molecule is C#C[C@@H]1CC[C@@H]([C@H](N)c2cn3nc(CC4C[C@@H](C(F)(F)F)CNC4=O)ccc3n2)C1. The third kappa shape index (κ3) is 4.15. The van der Waals surface area contributed by atoms with Crippen LogP contribution in [-0.4, -0.2) is 33.2 Å². The Kier molecular flexibility index (Phi) is 5.45. The summed E-state index contributed by atoms with van der Waals surface area (Å²) in [7, 11) is 0. The van der Waals surface area contributed by atoms with E-state index in [1.54, 1.807) is 22.8 Å². The number of rotatable bonds is 4. The Balaban J connectivity index is 1.48. The maximum absolute atomic E-state index is 13.0. The number of halogens is 3. The average Bonchev–Trinajstić information content (AvgIpc) is 3.34. The molecule has 0 aromatic carbocycles. The minimum atomic E-state index is -4.32. The molecule has 5 atom stereocenters. The van der Waals surface area contributed by atoms with E-state index in [2.05, 4.69) is 21.3 Å². The Hall–Kier alpha value is -2.60. The van der Waals surface area contributed by atoms with Crippen LogP contribution in [0.4, 0.5) is 13.2 Å². The van der Waals surface area contributed by atoms with Gasteiger partial charge in [-0.25, -0.2) is 9.50 Å². The maximum Gasteiger partial charge on any atom is 0.393 e. The lowest BCUT2D eigenvalue weighted by Crippen LogP contribution is -2.47. The van der Waals surface area contributed by atoms with Crippen LogP contribution in [0.5, 0.6) is 0 Å². The number of carbonyl (C=O) groups is 1. The van der Waals surface area contributed by atoms with Gasteiger partial charge < -0.3 is 11.1 Å². The quantitative estimate of drug-likeness (QED) is 0.747. The highest BCUT2D eigenvalue weighted by Crippen LogP contribution is 2.37. The molecule has 0 bridgehead atoms. The Morgan fingerprint density at radius 3 is 2.83 bits per heavy atom. The minimum Gasteiger partial charge on any atom is -0.355 e. The first kappa shape index (κ1) is 20.7. The van der Waals surface area contributed by atoms with Gasteiger partial charge in [0, 0.05) is 24.8 Å². The summed E-state index contributed by atoms with van der Waals surface area (Å²) in [4.78, 5) is 16.6. The largest absolute Gasteiger partial charge is 0.393 e. The van der Waals surface area contributed by atoms with Gasteiger partial charge in [-0.05, 0) is 43.7 Å². The van der Waals surface area contributed by atoms with E-state index in [0.717, 1.165) is 25.0 Å². The molecule has 2 fully saturated rings. The van der Waals surface area contributed by atoms with Crippen molar-refractivity contribution in [2.45, 2.75) is 44.3 Å². The Labute approximate surface area is 172 Å². The number of hydrogen-bond acceptors (Lipinski definition) is 4. The third-order valence-electron chi connectivity index (χ3n) is 6.33. The minimum absolute atomic E-state index is 0.139. The lowest BCUT2D eigenvalue weighted by molar-refractivity contribution is -0.183. The topological polar surface area (TPSA) is 85.3 Å².